The van der Waals surface area contributed by atoms with E-state index in [2.05, 4.69) is 17.4 Å². The molecule has 3 atom stereocenters. The fraction of sp³-hybridized carbons (Fsp3) is 0.438. The molecule has 0 saturated heterocycles. The highest BCUT2D eigenvalue weighted by atomic mass is 15.0. The summed E-state index contributed by atoms with van der Waals surface area (Å²) in [4.78, 5) is 4.70. The molecule has 2 saturated carbocycles. The first-order chi connectivity index (χ1) is 9.28. The predicted octanol–water partition coefficient (Wildman–Crippen LogP) is 3.42. The van der Waals surface area contributed by atoms with E-state index < -0.39 is 0 Å². The summed E-state index contributed by atoms with van der Waals surface area (Å²) in [5.41, 5.74) is 7.60. The van der Waals surface area contributed by atoms with Gasteiger partial charge in [0.25, 0.3) is 0 Å². The van der Waals surface area contributed by atoms with Crippen molar-refractivity contribution >= 4 is 22.4 Å². The van der Waals surface area contributed by atoms with Crippen molar-refractivity contribution in [3.8, 4) is 0 Å². The molecule has 1 aromatic heterocycles. The minimum atomic E-state index is 0.637. The van der Waals surface area contributed by atoms with E-state index in [1.54, 1.807) is 0 Å². The number of rotatable bonds is 2. The molecule has 98 valence electrons. The number of nitrogens with zero attached hydrogens (tertiary/aromatic N) is 1. The molecule has 2 aromatic rings. The Kier molecular flexibility index (Phi) is 2.40. The summed E-state index contributed by atoms with van der Waals surface area (Å²) in [7, 11) is 0. The van der Waals surface area contributed by atoms with Crippen molar-refractivity contribution in [2.24, 2.45) is 11.8 Å². The van der Waals surface area contributed by atoms with Crippen LogP contribution in [0.4, 0.5) is 11.5 Å². The topological polar surface area (TPSA) is 50.9 Å². The number of hydrogen-bond acceptors (Lipinski definition) is 3. The molecule has 3 heteroatoms. The van der Waals surface area contributed by atoms with Gasteiger partial charge in [0, 0.05) is 17.1 Å². The lowest BCUT2D eigenvalue weighted by Gasteiger charge is -2.23. The molecule has 1 aromatic carbocycles. The second-order valence-corrected chi connectivity index (χ2v) is 6.07. The molecular weight excluding hydrogens is 234 g/mol. The Balaban J connectivity index is 1.60. The third kappa shape index (κ3) is 1.93. The Morgan fingerprint density at radius 1 is 1.11 bits per heavy atom. The molecule has 2 aliphatic rings. The van der Waals surface area contributed by atoms with E-state index >= 15 is 0 Å². The molecule has 3 unspecified atom stereocenters. The van der Waals surface area contributed by atoms with Crippen molar-refractivity contribution in [2.75, 3.05) is 11.1 Å². The molecule has 2 bridgehead atoms. The third-order valence-electron chi connectivity index (χ3n) is 4.78. The summed E-state index contributed by atoms with van der Waals surface area (Å²) in [6, 6.07) is 10.7. The van der Waals surface area contributed by atoms with Crippen LogP contribution in [-0.4, -0.2) is 11.0 Å². The quantitative estimate of drug-likeness (QED) is 0.806. The zero-order chi connectivity index (χ0) is 12.8. The molecule has 3 N–H and O–H groups in total. The van der Waals surface area contributed by atoms with E-state index in [9.17, 15) is 0 Å². The molecule has 19 heavy (non-hydrogen) atoms. The van der Waals surface area contributed by atoms with Gasteiger partial charge in [0.2, 0.25) is 0 Å². The summed E-state index contributed by atoms with van der Waals surface area (Å²) in [6.07, 6.45) is 5.58. The Morgan fingerprint density at radius 3 is 2.84 bits per heavy atom. The largest absolute Gasteiger partial charge is 0.399 e. The van der Waals surface area contributed by atoms with Crippen LogP contribution in [0.5, 0.6) is 0 Å². The Hall–Kier alpha value is -1.77. The average Bonchev–Trinajstić information content (AvgIpc) is 3.01. The minimum absolute atomic E-state index is 0.637. The number of aromatic nitrogens is 1. The molecule has 0 aliphatic heterocycles. The number of hydrogen-bond donors (Lipinski definition) is 2. The third-order valence-corrected chi connectivity index (χ3v) is 4.78. The van der Waals surface area contributed by atoms with Crippen LogP contribution < -0.4 is 11.1 Å². The summed E-state index contributed by atoms with van der Waals surface area (Å²) in [6.45, 7) is 0. The fourth-order valence-corrected chi connectivity index (χ4v) is 3.84. The zero-order valence-electron chi connectivity index (χ0n) is 11.0. The smallest absolute Gasteiger partial charge is 0.126 e. The first kappa shape index (κ1) is 11.1. The first-order valence-electron chi connectivity index (χ1n) is 7.21. The monoisotopic (exact) mass is 253 g/mol. The van der Waals surface area contributed by atoms with Gasteiger partial charge in [-0.15, -0.1) is 0 Å². The minimum Gasteiger partial charge on any atom is -0.399 e. The van der Waals surface area contributed by atoms with Crippen LogP contribution in [0.2, 0.25) is 0 Å². The SMILES string of the molecule is Nc1ccc2nc(NC3CC4CCC3C4)ccc2c1. The average molecular weight is 253 g/mol. The molecule has 2 aliphatic carbocycles. The van der Waals surface area contributed by atoms with Crippen LogP contribution in [0.25, 0.3) is 10.9 Å². The van der Waals surface area contributed by atoms with E-state index in [0.29, 0.717) is 6.04 Å². The van der Waals surface area contributed by atoms with Crippen LogP contribution in [0.15, 0.2) is 30.3 Å². The van der Waals surface area contributed by atoms with Gasteiger partial charge < -0.3 is 11.1 Å². The molecule has 1 heterocycles. The maximum absolute atomic E-state index is 5.79. The number of anilines is 2. The van der Waals surface area contributed by atoms with Crippen molar-refractivity contribution in [1.29, 1.82) is 0 Å². The molecule has 0 spiro atoms. The van der Waals surface area contributed by atoms with Crippen molar-refractivity contribution < 1.29 is 0 Å². The zero-order valence-corrected chi connectivity index (χ0v) is 11.0. The van der Waals surface area contributed by atoms with Crippen LogP contribution in [0.3, 0.4) is 0 Å². The van der Waals surface area contributed by atoms with Crippen LogP contribution in [0.1, 0.15) is 25.7 Å². The lowest BCUT2D eigenvalue weighted by Crippen LogP contribution is -2.26. The number of nitrogens with one attached hydrogen (secondary N) is 1. The number of nitrogens with two attached hydrogens (primary N) is 1. The second-order valence-electron chi connectivity index (χ2n) is 6.07. The van der Waals surface area contributed by atoms with Crippen molar-refractivity contribution in [3.63, 3.8) is 0 Å². The number of pyridine rings is 1. The van der Waals surface area contributed by atoms with E-state index in [1.165, 1.54) is 25.7 Å². The van der Waals surface area contributed by atoms with Gasteiger partial charge in [0.15, 0.2) is 0 Å². The van der Waals surface area contributed by atoms with Gasteiger partial charge in [-0.2, -0.15) is 0 Å². The maximum atomic E-state index is 5.79. The van der Waals surface area contributed by atoms with Gasteiger partial charge in [0.1, 0.15) is 5.82 Å². The molecule has 0 amide bonds. The van der Waals surface area contributed by atoms with Gasteiger partial charge in [-0.3, -0.25) is 0 Å². The molecule has 0 radical (unpaired) electrons. The van der Waals surface area contributed by atoms with E-state index in [1.807, 2.05) is 18.2 Å². The van der Waals surface area contributed by atoms with Gasteiger partial charge in [0.05, 0.1) is 5.52 Å². The van der Waals surface area contributed by atoms with Crippen molar-refractivity contribution in [1.82, 2.24) is 4.98 Å². The highest BCUT2D eigenvalue weighted by Crippen LogP contribution is 2.45. The molecular formula is C16H19N3. The number of nitrogen functional groups attached to an aromatic ring is 1. The lowest BCUT2D eigenvalue weighted by atomic mass is 9.95. The van der Waals surface area contributed by atoms with E-state index in [-0.39, 0.29) is 0 Å². The summed E-state index contributed by atoms with van der Waals surface area (Å²) < 4.78 is 0. The van der Waals surface area contributed by atoms with Crippen LogP contribution >= 0.6 is 0 Å². The predicted molar refractivity (Wildman–Crippen MR) is 79.0 cm³/mol. The molecule has 2 fully saturated rings. The standard InChI is InChI=1S/C16H19N3/c17-13-4-5-14-12(9-13)3-6-16(18-14)19-15-8-10-1-2-11(15)7-10/h3-6,9-11,15H,1-2,7-8,17H2,(H,18,19). The second kappa shape index (κ2) is 4.12. The van der Waals surface area contributed by atoms with Gasteiger partial charge in [-0.05, 0) is 61.4 Å². The fourth-order valence-electron chi connectivity index (χ4n) is 3.84. The van der Waals surface area contributed by atoms with E-state index in [4.69, 9.17) is 10.7 Å². The van der Waals surface area contributed by atoms with Crippen molar-refractivity contribution in [2.45, 2.75) is 31.7 Å². The summed E-state index contributed by atoms with van der Waals surface area (Å²) in [5, 5.41) is 4.75. The van der Waals surface area contributed by atoms with Crippen LogP contribution in [0, 0.1) is 11.8 Å². The van der Waals surface area contributed by atoms with E-state index in [0.717, 1.165) is 34.2 Å². The highest BCUT2D eigenvalue weighted by molar-refractivity contribution is 5.83. The van der Waals surface area contributed by atoms with Crippen LogP contribution in [-0.2, 0) is 0 Å². The summed E-state index contributed by atoms with van der Waals surface area (Å²) in [5.74, 6) is 2.84. The molecule has 3 nitrogen and oxygen atoms in total. The van der Waals surface area contributed by atoms with Crippen molar-refractivity contribution in [3.05, 3.63) is 30.3 Å². The lowest BCUT2D eigenvalue weighted by molar-refractivity contribution is 0.439. The maximum Gasteiger partial charge on any atom is 0.126 e. The Morgan fingerprint density at radius 2 is 2.05 bits per heavy atom. The van der Waals surface area contributed by atoms with Gasteiger partial charge in [-0.1, -0.05) is 6.42 Å². The number of fused-ring (bicyclic) bond motifs is 3. The normalized spacial score (nSPS) is 28.9. The first-order valence-corrected chi connectivity index (χ1v) is 7.21. The summed E-state index contributed by atoms with van der Waals surface area (Å²) >= 11 is 0. The Labute approximate surface area is 113 Å². The number of benzene rings is 1. The molecule has 4 rings (SSSR count). The Bertz CT molecular complexity index is 622. The highest BCUT2D eigenvalue weighted by Gasteiger charge is 2.39. The van der Waals surface area contributed by atoms with Gasteiger partial charge in [-0.25, -0.2) is 4.98 Å². The van der Waals surface area contributed by atoms with Gasteiger partial charge >= 0.3 is 0 Å².